The van der Waals surface area contributed by atoms with Crippen molar-refractivity contribution in [2.75, 3.05) is 26.2 Å². The van der Waals surface area contributed by atoms with Crippen molar-refractivity contribution in [3.63, 3.8) is 0 Å². The van der Waals surface area contributed by atoms with Crippen molar-refractivity contribution in [2.24, 2.45) is 0 Å². The maximum Gasteiger partial charge on any atom is 0.417 e. The van der Waals surface area contributed by atoms with Crippen LogP contribution in [0.2, 0.25) is 0 Å². The molecule has 13 heteroatoms. The summed E-state index contributed by atoms with van der Waals surface area (Å²) < 4.78 is 81.4. The number of pyridine rings is 1. The van der Waals surface area contributed by atoms with Gasteiger partial charge in [0.25, 0.3) is 5.56 Å². The fourth-order valence-electron chi connectivity index (χ4n) is 5.75. The maximum atomic E-state index is 16.8. The van der Waals surface area contributed by atoms with E-state index in [9.17, 15) is 27.9 Å². The third kappa shape index (κ3) is 6.75. The lowest BCUT2D eigenvalue weighted by Crippen LogP contribution is -2.29. The Bertz CT molecular complexity index is 1790. The Morgan fingerprint density at radius 1 is 1.00 bits per heavy atom. The monoisotopic (exact) mass is 656 g/mol. The number of hydrogen-bond donors (Lipinski definition) is 2. The number of carbonyl (C=O) groups excluding carboxylic acids is 1. The maximum absolute atomic E-state index is 16.8. The third-order valence-corrected chi connectivity index (χ3v) is 8.08. The summed E-state index contributed by atoms with van der Waals surface area (Å²) in [5, 5.41) is 10.6. The molecule has 0 aliphatic carbocycles. The van der Waals surface area contributed by atoms with Crippen LogP contribution in [0.1, 0.15) is 55.5 Å². The first-order valence-electron chi connectivity index (χ1n) is 14.4. The number of esters is 1. The van der Waals surface area contributed by atoms with Gasteiger partial charge in [0.2, 0.25) is 0 Å². The molecule has 0 saturated carbocycles. The molecular weight excluding hydrogens is 624 g/mol. The summed E-state index contributed by atoms with van der Waals surface area (Å²) in [6.45, 7) is 1.00. The second-order valence-corrected chi connectivity index (χ2v) is 11.0. The number of methoxy groups -OCH3 is 3. The number of anilines is 1. The van der Waals surface area contributed by atoms with E-state index in [2.05, 4.69) is 9.72 Å². The molecule has 0 spiro atoms. The molecule has 3 aromatic carbocycles. The Morgan fingerprint density at radius 2 is 1.55 bits per heavy atom. The minimum absolute atomic E-state index is 0.0104. The molecule has 1 aromatic heterocycles. The number of ether oxygens (including phenoxy) is 4. The number of halogens is 4. The second kappa shape index (κ2) is 13.4. The van der Waals surface area contributed by atoms with Gasteiger partial charge in [-0.05, 0) is 53.9 Å². The van der Waals surface area contributed by atoms with Gasteiger partial charge in [-0.15, -0.1) is 0 Å². The smallest absolute Gasteiger partial charge is 0.417 e. The number of hydrogen-bond acceptors (Lipinski definition) is 8. The highest BCUT2D eigenvalue weighted by molar-refractivity contribution is 5.92. The van der Waals surface area contributed by atoms with Gasteiger partial charge in [0.15, 0.2) is 11.4 Å². The van der Waals surface area contributed by atoms with Crippen molar-refractivity contribution >= 4 is 11.7 Å². The van der Waals surface area contributed by atoms with Gasteiger partial charge in [0.05, 0.1) is 45.3 Å². The van der Waals surface area contributed by atoms with Crippen molar-refractivity contribution in [1.29, 1.82) is 0 Å². The quantitative estimate of drug-likeness (QED) is 0.158. The second-order valence-electron chi connectivity index (χ2n) is 11.0. The average Bonchev–Trinajstić information content (AvgIpc) is 3.04. The van der Waals surface area contributed by atoms with E-state index in [1.54, 1.807) is 53.4 Å². The van der Waals surface area contributed by atoms with Crippen LogP contribution >= 0.6 is 0 Å². The molecule has 1 aliphatic heterocycles. The van der Waals surface area contributed by atoms with Gasteiger partial charge >= 0.3 is 12.1 Å². The molecule has 1 unspecified atom stereocenters. The number of benzene rings is 3. The van der Waals surface area contributed by atoms with E-state index in [-0.39, 0.29) is 35.6 Å². The molecule has 0 saturated heterocycles. The molecule has 1 atom stereocenters. The highest BCUT2D eigenvalue weighted by atomic mass is 19.4. The lowest BCUT2D eigenvalue weighted by molar-refractivity contribution is -0.140. The first-order chi connectivity index (χ1) is 22.4. The minimum Gasteiger partial charge on any atom is -0.506 e. The van der Waals surface area contributed by atoms with Crippen LogP contribution in [-0.4, -0.2) is 37.4 Å². The SMILES string of the molecule is COC(=O)c1c(O)c2c([nH]c1=O)CC(c1c(F)c(N(Cc3ccc(OC)cc3)Cc3ccc(OC)cc3)cc(C)c1C(F)(F)F)OC2. The van der Waals surface area contributed by atoms with E-state index in [0.717, 1.165) is 18.2 Å². The van der Waals surface area contributed by atoms with E-state index in [4.69, 9.17) is 14.2 Å². The first kappa shape index (κ1) is 33.3. The van der Waals surface area contributed by atoms with Crippen LogP contribution in [0.15, 0.2) is 59.4 Å². The number of aromatic nitrogens is 1. The van der Waals surface area contributed by atoms with Gasteiger partial charge in [-0.25, -0.2) is 9.18 Å². The molecule has 47 heavy (non-hydrogen) atoms. The molecule has 9 nitrogen and oxygen atoms in total. The van der Waals surface area contributed by atoms with Crippen molar-refractivity contribution in [3.8, 4) is 17.2 Å². The van der Waals surface area contributed by atoms with Crippen LogP contribution in [0.3, 0.4) is 0 Å². The van der Waals surface area contributed by atoms with Gasteiger partial charge in [-0.3, -0.25) is 4.79 Å². The summed E-state index contributed by atoms with van der Waals surface area (Å²) in [5.74, 6) is -1.74. The number of H-pyrrole nitrogens is 1. The highest BCUT2D eigenvalue weighted by Gasteiger charge is 2.42. The van der Waals surface area contributed by atoms with Crippen molar-refractivity contribution in [2.45, 2.75) is 45.3 Å². The van der Waals surface area contributed by atoms with E-state index >= 15 is 4.39 Å². The topological polar surface area (TPSA) is 110 Å². The summed E-state index contributed by atoms with van der Waals surface area (Å²) in [6.07, 6.45) is -6.87. The molecule has 0 fully saturated rings. The number of alkyl halides is 3. The number of aryl methyl sites for hydroxylation is 1. The van der Waals surface area contributed by atoms with Crippen LogP contribution in [-0.2, 0) is 41.8 Å². The normalized spacial score (nSPS) is 14.3. The Kier molecular flexibility index (Phi) is 9.48. The zero-order chi connectivity index (χ0) is 34.0. The molecule has 4 aromatic rings. The van der Waals surface area contributed by atoms with Gasteiger partial charge in [0.1, 0.15) is 17.2 Å². The predicted molar refractivity (Wildman–Crippen MR) is 163 cm³/mol. The molecule has 0 radical (unpaired) electrons. The standard InChI is InChI=1S/C34H32F4N2O7/c1-18-13-25(40(15-19-5-9-21(44-2)10-6-19)16-20-7-11-22(45-3)12-8-20)30(35)27(29(18)34(36,37)38)26-14-24-23(17-47-26)31(41)28(32(42)39-24)33(43)46-4/h5-13,26H,14-17H2,1-4H3,(H2,39,41,42). The predicted octanol–water partition coefficient (Wildman–Crippen LogP) is 6.37. The van der Waals surface area contributed by atoms with E-state index in [1.807, 2.05) is 0 Å². The molecule has 1 aliphatic rings. The highest BCUT2D eigenvalue weighted by Crippen LogP contribution is 2.45. The summed E-state index contributed by atoms with van der Waals surface area (Å²) in [7, 11) is 4.07. The molecule has 2 N–H and O–H groups in total. The average molecular weight is 657 g/mol. The lowest BCUT2D eigenvalue weighted by atomic mass is 9.90. The number of aromatic hydroxyl groups is 1. The Labute approximate surface area is 267 Å². The van der Waals surface area contributed by atoms with Crippen LogP contribution < -0.4 is 19.9 Å². The Morgan fingerprint density at radius 3 is 2.04 bits per heavy atom. The van der Waals surface area contributed by atoms with Crippen molar-refractivity contribution in [1.82, 2.24) is 4.98 Å². The van der Waals surface area contributed by atoms with Crippen molar-refractivity contribution < 1.29 is 46.4 Å². The number of nitrogens with zero attached hydrogens (tertiary/aromatic N) is 1. The van der Waals surface area contributed by atoms with Gasteiger partial charge in [-0.2, -0.15) is 13.2 Å². The lowest BCUT2D eigenvalue weighted by Gasteiger charge is -2.32. The molecule has 5 rings (SSSR count). The molecule has 248 valence electrons. The number of rotatable bonds is 9. The van der Waals surface area contributed by atoms with E-state index in [0.29, 0.717) is 11.5 Å². The summed E-state index contributed by atoms with van der Waals surface area (Å²) >= 11 is 0. The number of carbonyl (C=O) groups is 1. The molecule has 0 amide bonds. The fourth-order valence-corrected chi connectivity index (χ4v) is 5.75. The van der Waals surface area contributed by atoms with Gasteiger partial charge in [-0.1, -0.05) is 24.3 Å². The minimum atomic E-state index is -4.95. The number of aromatic amines is 1. The number of nitrogens with one attached hydrogen (secondary N) is 1. The first-order valence-corrected chi connectivity index (χ1v) is 14.4. The largest absolute Gasteiger partial charge is 0.506 e. The third-order valence-electron chi connectivity index (χ3n) is 8.08. The Hall–Kier alpha value is -5.04. The van der Waals surface area contributed by atoms with Gasteiger partial charge in [0, 0.05) is 36.3 Å². The summed E-state index contributed by atoms with van der Waals surface area (Å²) in [5.41, 5.74) is -2.42. The van der Waals surface area contributed by atoms with E-state index < -0.39 is 65.1 Å². The van der Waals surface area contributed by atoms with E-state index in [1.165, 1.54) is 27.2 Å². The number of fused-ring (bicyclic) bond motifs is 1. The van der Waals surface area contributed by atoms with Crippen molar-refractivity contribution in [3.05, 3.63) is 115 Å². The molecular formula is C34H32F4N2O7. The zero-order valence-electron chi connectivity index (χ0n) is 26.0. The zero-order valence-corrected chi connectivity index (χ0v) is 26.0. The van der Waals surface area contributed by atoms with Gasteiger partial charge < -0.3 is 33.9 Å². The summed E-state index contributed by atoms with van der Waals surface area (Å²) in [4.78, 5) is 28.8. The van der Waals surface area contributed by atoms with Crippen LogP contribution in [0.4, 0.5) is 23.2 Å². The van der Waals surface area contributed by atoms with Crippen LogP contribution in [0, 0.1) is 12.7 Å². The fraction of sp³-hybridized carbons (Fsp3) is 0.294. The molecule has 0 bridgehead atoms. The van der Waals surface area contributed by atoms with Crippen LogP contribution in [0.5, 0.6) is 17.2 Å². The summed E-state index contributed by atoms with van der Waals surface area (Å²) in [6, 6.07) is 15.2. The molecule has 2 heterocycles. The Balaban J connectivity index is 1.63. The van der Waals surface area contributed by atoms with Crippen LogP contribution in [0.25, 0.3) is 0 Å².